The van der Waals surface area contributed by atoms with Crippen LogP contribution in [0, 0.1) is 30.3 Å². The Morgan fingerprint density at radius 1 is 0.548 bits per heavy atom. The van der Waals surface area contributed by atoms with Crippen LogP contribution in [0.15, 0.2) is 54.6 Å². The number of nitro benzene ring substituents is 3. The first-order valence-electron chi connectivity index (χ1n) is 8.71. The molecule has 0 amide bonds. The summed E-state index contributed by atoms with van der Waals surface area (Å²) < 4.78 is 0. The normalized spacial score (nSPS) is 10.7. The van der Waals surface area contributed by atoms with Gasteiger partial charge < -0.3 is 17.2 Å². The highest BCUT2D eigenvalue weighted by Crippen LogP contribution is 2.45. The molecule has 0 atom stereocenters. The van der Waals surface area contributed by atoms with Crippen LogP contribution in [-0.2, 0) is 0 Å². The first-order valence-corrected chi connectivity index (χ1v) is 8.71. The Morgan fingerprint density at radius 2 is 0.806 bits per heavy atom. The van der Waals surface area contributed by atoms with Crippen molar-refractivity contribution in [3.05, 3.63) is 102 Å². The van der Waals surface area contributed by atoms with Crippen molar-refractivity contribution in [1.29, 1.82) is 0 Å². The number of hydrogen-bond donors (Lipinski definition) is 3. The highest BCUT2D eigenvalue weighted by atomic mass is 16.6. The summed E-state index contributed by atoms with van der Waals surface area (Å²) in [6.07, 6.45) is 0. The molecule has 0 aromatic heterocycles. The van der Waals surface area contributed by atoms with E-state index in [-0.39, 0.29) is 33.8 Å². The highest BCUT2D eigenvalue weighted by molar-refractivity contribution is 5.67. The van der Waals surface area contributed by atoms with Crippen LogP contribution in [0.1, 0.15) is 22.6 Å². The summed E-state index contributed by atoms with van der Waals surface area (Å²) in [6, 6.07) is 11.4. The second-order valence-electron chi connectivity index (χ2n) is 6.66. The van der Waals surface area contributed by atoms with E-state index in [2.05, 4.69) is 0 Å². The zero-order valence-electron chi connectivity index (χ0n) is 15.8. The Balaban J connectivity index is 2.46. The molecular formula is C19H16N6O6. The molecule has 0 spiro atoms. The van der Waals surface area contributed by atoms with Gasteiger partial charge in [-0.15, -0.1) is 0 Å². The monoisotopic (exact) mass is 424 g/mol. The van der Waals surface area contributed by atoms with E-state index < -0.39 is 37.7 Å². The van der Waals surface area contributed by atoms with Gasteiger partial charge in [-0.1, -0.05) is 0 Å². The van der Waals surface area contributed by atoms with Crippen molar-refractivity contribution in [1.82, 2.24) is 0 Å². The molecule has 3 rings (SSSR count). The molecule has 3 aromatic rings. The fourth-order valence-electron chi connectivity index (χ4n) is 3.39. The first-order chi connectivity index (χ1) is 14.6. The van der Waals surface area contributed by atoms with E-state index in [0.29, 0.717) is 0 Å². The largest absolute Gasteiger partial charge is 0.399 e. The van der Waals surface area contributed by atoms with Gasteiger partial charge in [0.1, 0.15) is 0 Å². The summed E-state index contributed by atoms with van der Waals surface area (Å²) in [6.45, 7) is 0. The van der Waals surface area contributed by atoms with Crippen molar-refractivity contribution in [2.24, 2.45) is 0 Å². The number of nitro groups is 3. The summed E-state index contributed by atoms with van der Waals surface area (Å²) in [4.78, 5) is 33.1. The summed E-state index contributed by atoms with van der Waals surface area (Å²) >= 11 is 0. The lowest BCUT2D eigenvalue weighted by molar-refractivity contribution is -0.387. The fraction of sp³-hybridized carbons (Fsp3) is 0.0526. The number of anilines is 3. The molecule has 0 saturated heterocycles. The first kappa shape index (κ1) is 21.0. The summed E-state index contributed by atoms with van der Waals surface area (Å²) in [5, 5.41) is 35.2. The number of nitrogens with zero attached hydrogens (tertiary/aromatic N) is 3. The zero-order chi connectivity index (χ0) is 22.9. The van der Waals surface area contributed by atoms with E-state index in [1.54, 1.807) is 0 Å². The number of hydrogen-bond acceptors (Lipinski definition) is 9. The molecular weight excluding hydrogens is 408 g/mol. The summed E-state index contributed by atoms with van der Waals surface area (Å²) in [7, 11) is 0. The van der Waals surface area contributed by atoms with Crippen LogP contribution in [0.3, 0.4) is 0 Å². The van der Waals surface area contributed by atoms with Crippen molar-refractivity contribution < 1.29 is 14.8 Å². The van der Waals surface area contributed by atoms with Gasteiger partial charge >= 0.3 is 0 Å². The zero-order valence-corrected chi connectivity index (χ0v) is 15.8. The third-order valence-corrected chi connectivity index (χ3v) is 4.69. The SMILES string of the molecule is Nc1ccc(C(c2ccc(N)cc2[N+](=O)[O-])c2ccc(N)cc2[N+](=O)[O-])c([N+](=O)[O-])c1. The predicted octanol–water partition coefficient (Wildman–Crippen LogP) is 3.34. The topological polar surface area (TPSA) is 207 Å². The van der Waals surface area contributed by atoms with Crippen LogP contribution in [0.25, 0.3) is 0 Å². The highest BCUT2D eigenvalue weighted by Gasteiger charge is 2.34. The Hall–Kier alpha value is -4.74. The molecule has 0 aliphatic rings. The van der Waals surface area contributed by atoms with Crippen LogP contribution >= 0.6 is 0 Å². The molecule has 158 valence electrons. The molecule has 0 unspecified atom stereocenters. The van der Waals surface area contributed by atoms with Crippen molar-refractivity contribution in [2.75, 3.05) is 17.2 Å². The Labute approximate surface area is 174 Å². The van der Waals surface area contributed by atoms with E-state index in [9.17, 15) is 30.3 Å². The Kier molecular flexibility index (Phi) is 5.38. The molecule has 0 aliphatic heterocycles. The number of nitrogens with two attached hydrogens (primary N) is 3. The molecule has 0 radical (unpaired) electrons. The minimum atomic E-state index is -1.25. The van der Waals surface area contributed by atoms with Gasteiger partial charge in [0.2, 0.25) is 0 Å². The van der Waals surface area contributed by atoms with Crippen LogP contribution in [-0.4, -0.2) is 14.8 Å². The Bertz CT molecular complexity index is 1080. The van der Waals surface area contributed by atoms with E-state index in [1.165, 1.54) is 36.4 Å². The van der Waals surface area contributed by atoms with Crippen molar-refractivity contribution in [3.63, 3.8) is 0 Å². The summed E-state index contributed by atoms with van der Waals surface area (Å²) in [5.74, 6) is -1.25. The maximum absolute atomic E-state index is 11.7. The maximum atomic E-state index is 11.7. The minimum absolute atomic E-state index is 0.0139. The fourth-order valence-corrected chi connectivity index (χ4v) is 3.39. The lowest BCUT2D eigenvalue weighted by Gasteiger charge is -2.19. The molecule has 0 fully saturated rings. The molecule has 31 heavy (non-hydrogen) atoms. The maximum Gasteiger partial charge on any atom is 0.275 e. The summed E-state index contributed by atoms with van der Waals surface area (Å²) in [5.41, 5.74) is 16.0. The van der Waals surface area contributed by atoms with Gasteiger partial charge in [-0.2, -0.15) is 0 Å². The second-order valence-corrected chi connectivity index (χ2v) is 6.66. The smallest absolute Gasteiger partial charge is 0.275 e. The van der Waals surface area contributed by atoms with Gasteiger partial charge in [-0.05, 0) is 36.4 Å². The standard InChI is InChI=1S/C19H16N6O6/c20-10-1-4-13(16(7-10)23(26)27)19(14-5-2-11(21)8-17(14)24(28)29)15-6-3-12(22)9-18(15)25(30)31/h1-9,19H,20-22H2. The van der Waals surface area contributed by atoms with Crippen molar-refractivity contribution in [2.45, 2.75) is 5.92 Å². The molecule has 3 aromatic carbocycles. The number of rotatable bonds is 6. The minimum Gasteiger partial charge on any atom is -0.399 e. The van der Waals surface area contributed by atoms with Gasteiger partial charge in [0.25, 0.3) is 17.1 Å². The molecule has 0 saturated carbocycles. The van der Waals surface area contributed by atoms with Crippen LogP contribution in [0.2, 0.25) is 0 Å². The van der Waals surface area contributed by atoms with Crippen LogP contribution in [0.4, 0.5) is 34.1 Å². The lowest BCUT2D eigenvalue weighted by atomic mass is 9.82. The molecule has 0 heterocycles. The number of benzene rings is 3. The van der Waals surface area contributed by atoms with Crippen molar-refractivity contribution in [3.8, 4) is 0 Å². The van der Waals surface area contributed by atoms with Gasteiger partial charge in [-0.3, -0.25) is 30.3 Å². The van der Waals surface area contributed by atoms with E-state index in [4.69, 9.17) is 17.2 Å². The average Bonchev–Trinajstić information content (AvgIpc) is 2.70. The van der Waals surface area contributed by atoms with Crippen molar-refractivity contribution >= 4 is 34.1 Å². The van der Waals surface area contributed by atoms with Gasteiger partial charge in [0, 0.05) is 52.0 Å². The third kappa shape index (κ3) is 4.03. The molecule has 6 N–H and O–H groups in total. The molecule has 12 heteroatoms. The van der Waals surface area contributed by atoms with Crippen LogP contribution in [0.5, 0.6) is 0 Å². The molecule has 0 bridgehead atoms. The van der Waals surface area contributed by atoms with Gasteiger partial charge in [-0.25, -0.2) is 0 Å². The van der Waals surface area contributed by atoms with Crippen LogP contribution < -0.4 is 17.2 Å². The second kappa shape index (κ2) is 7.94. The third-order valence-electron chi connectivity index (χ3n) is 4.69. The quantitative estimate of drug-likeness (QED) is 0.229. The van der Waals surface area contributed by atoms with E-state index >= 15 is 0 Å². The Morgan fingerprint density at radius 3 is 1.03 bits per heavy atom. The van der Waals surface area contributed by atoms with E-state index in [0.717, 1.165) is 18.2 Å². The van der Waals surface area contributed by atoms with E-state index in [1.807, 2.05) is 0 Å². The number of nitrogen functional groups attached to an aromatic ring is 3. The lowest BCUT2D eigenvalue weighted by Crippen LogP contribution is -2.12. The average molecular weight is 424 g/mol. The predicted molar refractivity (Wildman–Crippen MR) is 113 cm³/mol. The molecule has 12 nitrogen and oxygen atoms in total. The van der Waals surface area contributed by atoms with Gasteiger partial charge in [0.15, 0.2) is 0 Å². The molecule has 0 aliphatic carbocycles. The van der Waals surface area contributed by atoms with Gasteiger partial charge in [0.05, 0.1) is 20.7 Å².